The summed E-state index contributed by atoms with van der Waals surface area (Å²) in [5, 5.41) is 0. The van der Waals surface area contributed by atoms with Gasteiger partial charge in [0, 0.05) is 12.6 Å². The van der Waals surface area contributed by atoms with Crippen LogP contribution in [0, 0.1) is 17.6 Å². The van der Waals surface area contributed by atoms with Gasteiger partial charge in [0.25, 0.3) is 0 Å². The van der Waals surface area contributed by atoms with Gasteiger partial charge in [-0.15, -0.1) is 0 Å². The molecule has 0 unspecified atom stereocenters. The molecule has 0 bridgehead atoms. The maximum absolute atomic E-state index is 13.9. The molecular weight excluding hydrogens is 296 g/mol. The molecule has 2 aliphatic rings. The molecule has 1 aromatic carbocycles. The minimum Gasteiger partial charge on any atom is -0.207 e. The van der Waals surface area contributed by atoms with E-state index in [0.717, 1.165) is 50.7 Å². The van der Waals surface area contributed by atoms with Crippen LogP contribution in [-0.4, -0.2) is 25.3 Å². The molecule has 0 N–H and O–H groups in total. The van der Waals surface area contributed by atoms with E-state index in [-0.39, 0.29) is 6.04 Å². The molecule has 1 aromatic rings. The van der Waals surface area contributed by atoms with E-state index in [1.165, 1.54) is 10.4 Å². The van der Waals surface area contributed by atoms with Crippen LogP contribution in [0.2, 0.25) is 0 Å². The predicted molar refractivity (Wildman–Crippen MR) is 75.2 cm³/mol. The zero-order valence-electron chi connectivity index (χ0n) is 11.8. The highest BCUT2D eigenvalue weighted by molar-refractivity contribution is 7.89. The molecule has 3 rings (SSSR count). The highest BCUT2D eigenvalue weighted by atomic mass is 32.2. The van der Waals surface area contributed by atoms with Crippen LogP contribution < -0.4 is 0 Å². The number of rotatable bonds is 2. The Bertz CT molecular complexity index is 610. The van der Waals surface area contributed by atoms with Gasteiger partial charge in [-0.25, -0.2) is 17.2 Å². The van der Waals surface area contributed by atoms with E-state index in [9.17, 15) is 17.2 Å². The molecule has 3 nitrogen and oxygen atoms in total. The Labute approximate surface area is 124 Å². The lowest BCUT2D eigenvalue weighted by molar-refractivity contribution is 0.128. The van der Waals surface area contributed by atoms with Gasteiger partial charge in [-0.1, -0.05) is 18.9 Å². The molecule has 1 saturated carbocycles. The Morgan fingerprint density at radius 3 is 2.33 bits per heavy atom. The van der Waals surface area contributed by atoms with Crippen molar-refractivity contribution in [1.29, 1.82) is 0 Å². The van der Waals surface area contributed by atoms with E-state index >= 15 is 0 Å². The summed E-state index contributed by atoms with van der Waals surface area (Å²) in [5.41, 5.74) is 0. The second-order valence-electron chi connectivity index (χ2n) is 5.92. The predicted octanol–water partition coefficient (Wildman–Crippen LogP) is 3.31. The first kappa shape index (κ1) is 14.9. The van der Waals surface area contributed by atoms with Gasteiger partial charge in [-0.05, 0) is 43.7 Å². The summed E-state index contributed by atoms with van der Waals surface area (Å²) in [6.45, 7) is 0.358. The Hall–Kier alpha value is -1.01. The van der Waals surface area contributed by atoms with Gasteiger partial charge in [0.1, 0.15) is 11.6 Å². The number of sulfonamides is 1. The molecule has 0 aromatic heterocycles. The molecule has 2 fully saturated rings. The van der Waals surface area contributed by atoms with Gasteiger partial charge in [-0.2, -0.15) is 4.31 Å². The lowest BCUT2D eigenvalue weighted by atomic mass is 9.79. The lowest BCUT2D eigenvalue weighted by Crippen LogP contribution is -2.49. The average Bonchev–Trinajstić information content (AvgIpc) is 2.46. The van der Waals surface area contributed by atoms with Crippen LogP contribution >= 0.6 is 0 Å². The van der Waals surface area contributed by atoms with E-state index < -0.39 is 26.6 Å². The van der Waals surface area contributed by atoms with Crippen LogP contribution in [0.15, 0.2) is 23.1 Å². The lowest BCUT2D eigenvalue weighted by Gasteiger charge is -2.43. The number of halogens is 2. The standard InChI is InChI=1S/C15H19F2NO2S/c16-12-7-3-8-13(17)15(12)21(19,20)18-10-4-6-11-5-1-2-9-14(11)18/h3,7-8,11,14H,1-2,4-6,9-10H2/t11-,14+/m0/s1. The van der Waals surface area contributed by atoms with Gasteiger partial charge in [0.2, 0.25) is 10.0 Å². The maximum atomic E-state index is 13.9. The van der Waals surface area contributed by atoms with Crippen LogP contribution in [0.1, 0.15) is 38.5 Å². The van der Waals surface area contributed by atoms with Crippen molar-refractivity contribution in [3.63, 3.8) is 0 Å². The van der Waals surface area contributed by atoms with Crippen molar-refractivity contribution in [2.75, 3.05) is 6.54 Å². The SMILES string of the molecule is O=S(=O)(c1c(F)cccc1F)N1CCC[C@@H]2CCCC[C@H]21. The maximum Gasteiger partial charge on any atom is 0.249 e. The molecule has 6 heteroatoms. The molecule has 0 amide bonds. The number of benzene rings is 1. The minimum absolute atomic E-state index is 0.100. The quantitative estimate of drug-likeness (QED) is 0.839. The van der Waals surface area contributed by atoms with Crippen LogP contribution in [0.3, 0.4) is 0 Å². The third-order valence-corrected chi connectivity index (χ3v) is 6.65. The summed E-state index contributed by atoms with van der Waals surface area (Å²) in [5.74, 6) is -1.68. The van der Waals surface area contributed by atoms with Gasteiger partial charge in [0.15, 0.2) is 4.90 Å². The topological polar surface area (TPSA) is 37.4 Å². The van der Waals surface area contributed by atoms with Gasteiger partial charge in [0.05, 0.1) is 0 Å². The largest absolute Gasteiger partial charge is 0.249 e. The summed E-state index contributed by atoms with van der Waals surface area (Å²) < 4.78 is 54.6. The molecule has 1 saturated heterocycles. The van der Waals surface area contributed by atoms with Crippen LogP contribution in [0.5, 0.6) is 0 Å². The van der Waals surface area contributed by atoms with E-state index in [4.69, 9.17) is 0 Å². The second kappa shape index (κ2) is 5.65. The van der Waals surface area contributed by atoms with Crippen molar-refractivity contribution >= 4 is 10.0 Å². The van der Waals surface area contributed by atoms with Gasteiger partial charge >= 0.3 is 0 Å². The summed E-state index contributed by atoms with van der Waals surface area (Å²) >= 11 is 0. The number of piperidine rings is 1. The van der Waals surface area contributed by atoms with Crippen molar-refractivity contribution < 1.29 is 17.2 Å². The van der Waals surface area contributed by atoms with Crippen molar-refractivity contribution in [2.24, 2.45) is 5.92 Å². The minimum atomic E-state index is -4.11. The van der Waals surface area contributed by atoms with E-state index in [2.05, 4.69) is 0 Å². The van der Waals surface area contributed by atoms with Gasteiger partial charge < -0.3 is 0 Å². The average molecular weight is 315 g/mol. The zero-order chi connectivity index (χ0) is 15.0. The molecule has 21 heavy (non-hydrogen) atoms. The smallest absolute Gasteiger partial charge is 0.207 e. The number of hydrogen-bond acceptors (Lipinski definition) is 2. The van der Waals surface area contributed by atoms with E-state index in [0.29, 0.717) is 12.5 Å². The Morgan fingerprint density at radius 2 is 1.62 bits per heavy atom. The number of hydrogen-bond donors (Lipinski definition) is 0. The zero-order valence-corrected chi connectivity index (χ0v) is 12.6. The molecule has 0 radical (unpaired) electrons. The molecule has 1 heterocycles. The number of fused-ring (bicyclic) bond motifs is 1. The summed E-state index contributed by atoms with van der Waals surface area (Å²) in [6, 6.07) is 3.08. The molecule has 0 spiro atoms. The molecule has 116 valence electrons. The van der Waals surface area contributed by atoms with Crippen molar-refractivity contribution in [1.82, 2.24) is 4.31 Å². The van der Waals surface area contributed by atoms with Crippen molar-refractivity contribution in [3.05, 3.63) is 29.8 Å². The normalized spacial score (nSPS) is 27.3. The first-order valence-electron chi connectivity index (χ1n) is 7.47. The molecule has 2 atom stereocenters. The third kappa shape index (κ3) is 2.59. The van der Waals surface area contributed by atoms with Gasteiger partial charge in [-0.3, -0.25) is 0 Å². The summed E-state index contributed by atoms with van der Waals surface area (Å²) in [6.07, 6.45) is 5.67. The Balaban J connectivity index is 2.01. The Morgan fingerprint density at radius 1 is 1.00 bits per heavy atom. The number of nitrogens with zero attached hydrogens (tertiary/aromatic N) is 1. The summed E-state index contributed by atoms with van der Waals surface area (Å²) in [4.78, 5) is -0.795. The fraction of sp³-hybridized carbons (Fsp3) is 0.600. The fourth-order valence-electron chi connectivity index (χ4n) is 3.72. The van der Waals surface area contributed by atoms with E-state index in [1.807, 2.05) is 0 Å². The van der Waals surface area contributed by atoms with Crippen molar-refractivity contribution in [3.8, 4) is 0 Å². The molecule has 1 aliphatic heterocycles. The Kier molecular flexibility index (Phi) is 4.01. The van der Waals surface area contributed by atoms with Crippen LogP contribution in [0.25, 0.3) is 0 Å². The monoisotopic (exact) mass is 315 g/mol. The fourth-order valence-corrected chi connectivity index (χ4v) is 5.59. The summed E-state index contributed by atoms with van der Waals surface area (Å²) in [7, 11) is -4.11. The first-order valence-corrected chi connectivity index (χ1v) is 8.91. The highest BCUT2D eigenvalue weighted by Crippen LogP contribution is 2.38. The second-order valence-corrected chi connectivity index (χ2v) is 7.75. The van der Waals surface area contributed by atoms with E-state index in [1.54, 1.807) is 0 Å². The first-order chi connectivity index (χ1) is 10.0. The highest BCUT2D eigenvalue weighted by Gasteiger charge is 2.41. The van der Waals surface area contributed by atoms with Crippen LogP contribution in [0.4, 0.5) is 8.78 Å². The van der Waals surface area contributed by atoms with Crippen LogP contribution in [-0.2, 0) is 10.0 Å². The third-order valence-electron chi connectivity index (χ3n) is 4.68. The molecular formula is C15H19F2NO2S. The molecule has 1 aliphatic carbocycles. The van der Waals surface area contributed by atoms with Crippen molar-refractivity contribution in [2.45, 2.75) is 49.5 Å².